The van der Waals surface area contributed by atoms with Gasteiger partial charge in [0.15, 0.2) is 0 Å². The summed E-state index contributed by atoms with van der Waals surface area (Å²) in [6.07, 6.45) is 3.63. The Hall–Kier alpha value is -11.4. The highest BCUT2D eigenvalue weighted by molar-refractivity contribution is 5.97. The average Bonchev–Trinajstić information content (AvgIpc) is 1.53. The topological polar surface area (TPSA) is 21.7 Å². The Morgan fingerprint density at radius 3 is 1.07 bits per heavy atom. The van der Waals surface area contributed by atoms with Crippen LogP contribution < -0.4 is 14.4 Å². The monoisotopic (exact) mass is 1190 g/mol. The zero-order valence-electron chi connectivity index (χ0n) is 50.9. The predicted molar refractivity (Wildman–Crippen MR) is 372 cm³/mol. The molecule has 2 atom stereocenters. The van der Waals surface area contributed by atoms with Gasteiger partial charge in [-0.2, -0.15) is 0 Å². The summed E-state index contributed by atoms with van der Waals surface area (Å²) in [6.45, 7) is 12.6. The highest BCUT2D eigenvalue weighted by Crippen LogP contribution is 2.61. The van der Waals surface area contributed by atoms with Crippen LogP contribution in [0.2, 0.25) is 0 Å². The summed E-state index contributed by atoms with van der Waals surface area (Å²) in [7, 11) is 0. The number of hydrogen-bond donors (Lipinski definition) is 0. The molecule has 0 heterocycles. The summed E-state index contributed by atoms with van der Waals surface area (Å²) in [5.74, 6) is 2.17. The van der Waals surface area contributed by atoms with E-state index in [0.29, 0.717) is 23.0 Å². The van der Waals surface area contributed by atoms with E-state index in [0.717, 1.165) is 106 Å². The van der Waals surface area contributed by atoms with Crippen molar-refractivity contribution in [1.29, 1.82) is 0 Å². The number of para-hydroxylation sites is 1. The van der Waals surface area contributed by atoms with Crippen molar-refractivity contribution in [2.45, 2.75) is 30.1 Å². The lowest BCUT2D eigenvalue weighted by Gasteiger charge is -2.36. The minimum absolute atomic E-state index is 0.314. The summed E-state index contributed by atoms with van der Waals surface area (Å²) in [5.41, 5.74) is 22.3. The molecule has 0 amide bonds. The molecule has 440 valence electrons. The van der Waals surface area contributed by atoms with Gasteiger partial charge >= 0.3 is 0 Å². The number of ether oxygens (including phenoxy) is 2. The number of anilines is 3. The molecule has 0 saturated carbocycles. The van der Waals surface area contributed by atoms with Crippen molar-refractivity contribution in [1.82, 2.24) is 0 Å². The third-order valence-corrected chi connectivity index (χ3v) is 19.4. The number of benzene rings is 13. The maximum atomic E-state index is 15.5. The van der Waals surface area contributed by atoms with Crippen LogP contribution in [-0.4, -0.2) is 0 Å². The lowest BCUT2D eigenvalue weighted by molar-refractivity contribution is 0.482. The van der Waals surface area contributed by atoms with Crippen molar-refractivity contribution < 1.29 is 18.3 Å². The summed E-state index contributed by atoms with van der Waals surface area (Å²) < 4.78 is 43.9. The third-order valence-electron chi connectivity index (χ3n) is 19.4. The van der Waals surface area contributed by atoms with Crippen LogP contribution in [0.4, 0.5) is 25.8 Å². The van der Waals surface area contributed by atoms with Crippen molar-refractivity contribution in [2.75, 3.05) is 4.90 Å². The van der Waals surface area contributed by atoms with E-state index in [-0.39, 0.29) is 17.0 Å². The lowest BCUT2D eigenvalue weighted by atomic mass is 9.67. The molecule has 3 aliphatic carbocycles. The van der Waals surface area contributed by atoms with E-state index in [1.54, 1.807) is 24.3 Å². The van der Waals surface area contributed by atoms with Gasteiger partial charge in [0.1, 0.15) is 34.6 Å². The molecule has 0 aliphatic heterocycles. The zero-order valence-corrected chi connectivity index (χ0v) is 50.9. The fourth-order valence-electron chi connectivity index (χ4n) is 15.3. The maximum Gasteiger partial charge on any atom is 0.127 e. The molecule has 92 heavy (non-hydrogen) atoms. The Labute approximate surface area is 535 Å². The van der Waals surface area contributed by atoms with E-state index < -0.39 is 10.8 Å². The minimum Gasteiger partial charge on any atom is -0.457 e. The summed E-state index contributed by atoms with van der Waals surface area (Å²) in [6, 6.07) is 102. The molecule has 0 aromatic heterocycles. The van der Waals surface area contributed by atoms with Gasteiger partial charge in [-0.25, -0.2) is 8.78 Å². The molecule has 13 aromatic rings. The normalized spacial score (nSPS) is 15.9. The Morgan fingerprint density at radius 2 is 0.641 bits per heavy atom. The quantitative estimate of drug-likeness (QED) is 0.108. The van der Waals surface area contributed by atoms with Crippen LogP contribution in [0.1, 0.15) is 80.6 Å². The van der Waals surface area contributed by atoms with E-state index in [1.165, 1.54) is 22.3 Å². The van der Waals surface area contributed by atoms with E-state index in [1.807, 2.05) is 109 Å². The largest absolute Gasteiger partial charge is 0.457 e. The van der Waals surface area contributed by atoms with Crippen molar-refractivity contribution in [2.24, 2.45) is 0 Å². The van der Waals surface area contributed by atoms with Gasteiger partial charge in [-0.05, 0) is 209 Å². The van der Waals surface area contributed by atoms with Crippen LogP contribution in [0.25, 0.3) is 56.7 Å². The second-order valence-corrected chi connectivity index (χ2v) is 24.6. The van der Waals surface area contributed by atoms with Crippen LogP contribution in [0.15, 0.2) is 310 Å². The van der Waals surface area contributed by atoms with Crippen LogP contribution in [0, 0.1) is 11.6 Å². The molecule has 2 unspecified atom stereocenters. The molecule has 3 aliphatic rings. The zero-order chi connectivity index (χ0) is 62.3. The molecule has 3 nitrogen and oxygen atoms in total. The predicted octanol–water partition coefficient (Wildman–Crippen LogP) is 23.0. The van der Waals surface area contributed by atoms with Crippen molar-refractivity contribution >= 4 is 29.2 Å². The minimum atomic E-state index is -0.927. The SMILES string of the molecule is C=Cc1ccc(Oc2ccc(C3(c4ccc(F)cc4)c4ccccc4-c4ccc(N(c5ccc6c(c5)C(c5ccc(F)cc5)(c5ccc(Oc7ccc(C=C)cc7)cc5)c5ccccc5-6)c5ccccc5-c5cccc6c5C(C)(C)c5ccccc5-6)cc43)cc2)cc1. The van der Waals surface area contributed by atoms with Crippen LogP contribution in [-0.2, 0) is 16.2 Å². The maximum absolute atomic E-state index is 15.5. The van der Waals surface area contributed by atoms with Gasteiger partial charge in [-0.3, -0.25) is 0 Å². The van der Waals surface area contributed by atoms with Crippen molar-refractivity contribution in [3.05, 3.63) is 389 Å². The number of fused-ring (bicyclic) bond motifs is 9. The molecule has 0 radical (unpaired) electrons. The molecule has 0 N–H and O–H groups in total. The second kappa shape index (κ2) is 22.0. The Bertz CT molecular complexity index is 4800. The molecular weight excluding hydrogens is 1130 g/mol. The fraction of sp³-hybridized carbons (Fsp3) is 0.0575. The van der Waals surface area contributed by atoms with E-state index >= 15 is 8.78 Å². The standard InChI is InChI=1S/C87H61F2NO2/c1-5-56-26-44-66(45-27-56)91-68-48-34-60(35-49-68)86(58-30-38-62(88)39-31-58)79-23-12-8-16-70(79)73-52-42-64(54-81(73)86)90(83-25-14-10-19-75(83)77-21-15-20-76-72-18-7-11-22-78(72)85(3,4)84(76)77)65-43-53-74-71-17-9-13-24-80(71)87(82(74)55-65,59-32-40-63(89)41-33-59)61-36-50-69(51-37-61)92-67-46-28-57(6-2)29-47-67/h5-55H,1-2H2,3-4H3. The highest BCUT2D eigenvalue weighted by atomic mass is 19.1. The summed E-state index contributed by atoms with van der Waals surface area (Å²) in [4.78, 5) is 2.43. The number of halogens is 2. The first-order valence-electron chi connectivity index (χ1n) is 31.2. The molecule has 0 saturated heterocycles. The number of hydrogen-bond acceptors (Lipinski definition) is 3. The molecule has 5 heteroatoms. The van der Waals surface area contributed by atoms with E-state index in [4.69, 9.17) is 9.47 Å². The first kappa shape index (κ1) is 55.9. The van der Waals surface area contributed by atoms with Crippen LogP contribution in [0.5, 0.6) is 23.0 Å². The first-order valence-corrected chi connectivity index (χ1v) is 31.2. The fourth-order valence-corrected chi connectivity index (χ4v) is 15.3. The van der Waals surface area contributed by atoms with Gasteiger partial charge in [-0.1, -0.05) is 233 Å². The van der Waals surface area contributed by atoms with Gasteiger partial charge in [0, 0.05) is 22.4 Å². The van der Waals surface area contributed by atoms with Crippen molar-refractivity contribution in [3.63, 3.8) is 0 Å². The van der Waals surface area contributed by atoms with Crippen LogP contribution >= 0.6 is 0 Å². The van der Waals surface area contributed by atoms with Gasteiger partial charge in [-0.15, -0.1) is 0 Å². The van der Waals surface area contributed by atoms with Gasteiger partial charge in [0.2, 0.25) is 0 Å². The smallest absolute Gasteiger partial charge is 0.127 e. The van der Waals surface area contributed by atoms with Crippen molar-refractivity contribution in [3.8, 4) is 67.5 Å². The third kappa shape index (κ3) is 8.75. The molecular formula is C87H61F2NO2. The summed E-state index contributed by atoms with van der Waals surface area (Å²) >= 11 is 0. The molecule has 0 spiro atoms. The Balaban J connectivity index is 0.940. The first-order chi connectivity index (χ1) is 45.1. The molecule has 13 aromatic carbocycles. The van der Waals surface area contributed by atoms with Gasteiger partial charge in [0.05, 0.1) is 16.5 Å². The van der Waals surface area contributed by atoms with Gasteiger partial charge in [0.25, 0.3) is 0 Å². The van der Waals surface area contributed by atoms with Crippen LogP contribution in [0.3, 0.4) is 0 Å². The summed E-state index contributed by atoms with van der Waals surface area (Å²) in [5, 5.41) is 0. The molecule has 0 fully saturated rings. The molecule has 0 bridgehead atoms. The van der Waals surface area contributed by atoms with Gasteiger partial charge < -0.3 is 14.4 Å². The Kier molecular flexibility index (Phi) is 13.3. The average molecular weight is 1190 g/mol. The Morgan fingerprint density at radius 1 is 0.315 bits per heavy atom. The molecule has 16 rings (SSSR count). The van der Waals surface area contributed by atoms with E-state index in [9.17, 15) is 0 Å². The second-order valence-electron chi connectivity index (χ2n) is 24.6. The number of rotatable bonds is 14. The van der Waals surface area contributed by atoms with E-state index in [2.05, 4.69) is 208 Å². The lowest BCUT2D eigenvalue weighted by Crippen LogP contribution is -2.29. The number of nitrogens with zero attached hydrogens (tertiary/aromatic N) is 1. The highest BCUT2D eigenvalue weighted by Gasteiger charge is 2.49.